The minimum Gasteiger partial charge on any atom is -0.508 e. The van der Waals surface area contributed by atoms with E-state index in [1.807, 2.05) is 24.3 Å². The third-order valence-corrected chi connectivity index (χ3v) is 9.26. The maximum atomic E-state index is 12.6. The topological polar surface area (TPSA) is 103 Å². The quantitative estimate of drug-likeness (QED) is 0.421. The molecule has 1 amide bonds. The Balaban J connectivity index is 1.37. The van der Waals surface area contributed by atoms with Gasteiger partial charge in [-0.05, 0) is 50.4 Å². The first-order valence-electron chi connectivity index (χ1n) is 15.2. The molecule has 4 heterocycles. The van der Waals surface area contributed by atoms with Crippen LogP contribution < -0.4 is 14.7 Å². The summed E-state index contributed by atoms with van der Waals surface area (Å²) in [5.74, 6) is 1.71. The molecule has 1 N–H and O–H groups in total. The first-order chi connectivity index (χ1) is 20.9. The highest BCUT2D eigenvalue weighted by molar-refractivity contribution is 5.95. The van der Waals surface area contributed by atoms with Crippen LogP contribution in [0.2, 0.25) is 0 Å². The third-order valence-electron chi connectivity index (χ3n) is 9.26. The predicted molar refractivity (Wildman–Crippen MR) is 169 cm³/mol. The Morgan fingerprint density at radius 1 is 1.16 bits per heavy atom. The molecule has 224 valence electrons. The highest BCUT2D eigenvalue weighted by Crippen LogP contribution is 2.37. The molecule has 6 rings (SSSR count). The van der Waals surface area contributed by atoms with Crippen LogP contribution in [0.25, 0.3) is 10.8 Å². The number of amides is 1. The molecule has 2 aromatic carbocycles. The van der Waals surface area contributed by atoms with Crippen LogP contribution in [-0.2, 0) is 17.8 Å². The van der Waals surface area contributed by atoms with E-state index >= 15 is 0 Å². The summed E-state index contributed by atoms with van der Waals surface area (Å²) in [5.41, 5.74) is 3.09. The van der Waals surface area contributed by atoms with Gasteiger partial charge < -0.3 is 29.6 Å². The Labute approximate surface area is 253 Å². The van der Waals surface area contributed by atoms with Crippen molar-refractivity contribution >= 4 is 34.1 Å². The van der Waals surface area contributed by atoms with Gasteiger partial charge in [-0.1, -0.05) is 30.8 Å². The zero-order valence-electron chi connectivity index (χ0n) is 25.1. The fraction of sp³-hybridized carbons (Fsp3) is 0.455. The SMILES string of the molecule is C=CC(=O)N1CCN(c2nc(N(C)C[C@@H]3CCCN3C)nc3c2CCN(c2cc(O)cc4ccccc24)C3)C[C@@H]1CC#N. The lowest BCUT2D eigenvalue weighted by molar-refractivity contribution is -0.128. The van der Waals surface area contributed by atoms with E-state index in [-0.39, 0.29) is 24.1 Å². The number of piperazine rings is 1. The molecule has 0 spiro atoms. The number of nitriles is 1. The normalized spacial score (nSPS) is 20.6. The average Bonchev–Trinajstić information content (AvgIpc) is 3.43. The number of aromatic nitrogens is 2. The minimum atomic E-state index is -0.234. The van der Waals surface area contributed by atoms with E-state index in [9.17, 15) is 15.2 Å². The molecule has 2 saturated heterocycles. The average molecular weight is 581 g/mol. The molecule has 3 aliphatic heterocycles. The molecule has 2 atom stereocenters. The van der Waals surface area contributed by atoms with E-state index in [2.05, 4.69) is 52.4 Å². The van der Waals surface area contributed by atoms with Crippen molar-refractivity contribution in [2.24, 2.45) is 0 Å². The molecule has 0 aliphatic carbocycles. The number of benzene rings is 2. The van der Waals surface area contributed by atoms with Gasteiger partial charge in [0.25, 0.3) is 0 Å². The summed E-state index contributed by atoms with van der Waals surface area (Å²) in [6.45, 7) is 8.63. The fourth-order valence-electron chi connectivity index (χ4n) is 6.92. The van der Waals surface area contributed by atoms with Crippen molar-refractivity contribution in [2.45, 2.75) is 44.3 Å². The van der Waals surface area contributed by atoms with E-state index in [0.717, 1.165) is 66.0 Å². The van der Waals surface area contributed by atoms with Crippen molar-refractivity contribution in [3.05, 3.63) is 60.3 Å². The number of hydrogen-bond acceptors (Lipinski definition) is 9. The lowest BCUT2D eigenvalue weighted by Gasteiger charge is -2.42. The number of nitrogens with zero attached hydrogens (tertiary/aromatic N) is 8. The van der Waals surface area contributed by atoms with E-state index in [1.54, 1.807) is 11.0 Å². The second-order valence-electron chi connectivity index (χ2n) is 12.0. The summed E-state index contributed by atoms with van der Waals surface area (Å²) >= 11 is 0. The predicted octanol–water partition coefficient (Wildman–Crippen LogP) is 3.55. The number of carbonyl (C=O) groups is 1. The van der Waals surface area contributed by atoms with Crippen molar-refractivity contribution < 1.29 is 9.90 Å². The van der Waals surface area contributed by atoms with E-state index in [4.69, 9.17) is 9.97 Å². The number of rotatable bonds is 7. The molecule has 1 aromatic heterocycles. The maximum absolute atomic E-state index is 12.6. The number of likely N-dealkylation sites (tertiary alicyclic amines) is 1. The largest absolute Gasteiger partial charge is 0.508 e. The number of aromatic hydroxyl groups is 1. The number of carbonyl (C=O) groups excluding carboxylic acids is 1. The van der Waals surface area contributed by atoms with Crippen molar-refractivity contribution in [3.8, 4) is 11.8 Å². The molecule has 0 radical (unpaired) electrons. The summed E-state index contributed by atoms with van der Waals surface area (Å²) in [7, 11) is 4.25. The lowest BCUT2D eigenvalue weighted by Crippen LogP contribution is -2.55. The number of anilines is 3. The van der Waals surface area contributed by atoms with Crippen LogP contribution in [0, 0.1) is 11.3 Å². The zero-order chi connectivity index (χ0) is 30.1. The van der Waals surface area contributed by atoms with Crippen LogP contribution in [0.5, 0.6) is 5.75 Å². The van der Waals surface area contributed by atoms with Gasteiger partial charge in [-0.3, -0.25) is 4.79 Å². The first-order valence-corrected chi connectivity index (χ1v) is 15.2. The monoisotopic (exact) mass is 580 g/mol. The summed E-state index contributed by atoms with van der Waals surface area (Å²) in [4.78, 5) is 33.8. The number of hydrogen-bond donors (Lipinski definition) is 1. The van der Waals surface area contributed by atoms with Gasteiger partial charge in [0.1, 0.15) is 11.6 Å². The first kappa shape index (κ1) is 28.7. The third kappa shape index (κ3) is 5.69. The van der Waals surface area contributed by atoms with Crippen LogP contribution in [0.4, 0.5) is 17.5 Å². The molecule has 43 heavy (non-hydrogen) atoms. The van der Waals surface area contributed by atoms with Crippen LogP contribution >= 0.6 is 0 Å². The molecule has 0 unspecified atom stereocenters. The second kappa shape index (κ2) is 12.1. The van der Waals surface area contributed by atoms with Crippen molar-refractivity contribution in [1.29, 1.82) is 5.26 Å². The molecule has 10 nitrogen and oxygen atoms in total. The Hall–Kier alpha value is -4.36. The molecular weight excluding hydrogens is 540 g/mol. The molecule has 2 fully saturated rings. The van der Waals surface area contributed by atoms with Crippen LogP contribution in [0.3, 0.4) is 0 Å². The van der Waals surface area contributed by atoms with Gasteiger partial charge in [0.2, 0.25) is 11.9 Å². The van der Waals surface area contributed by atoms with Gasteiger partial charge >= 0.3 is 0 Å². The Kier molecular flexibility index (Phi) is 8.08. The van der Waals surface area contributed by atoms with Gasteiger partial charge in [0.15, 0.2) is 0 Å². The van der Waals surface area contributed by atoms with Crippen molar-refractivity contribution in [1.82, 2.24) is 19.8 Å². The molecule has 10 heteroatoms. The minimum absolute atomic E-state index is 0.139. The number of phenols is 1. The van der Waals surface area contributed by atoms with E-state index in [1.165, 1.54) is 12.5 Å². The van der Waals surface area contributed by atoms with Crippen molar-refractivity contribution in [3.63, 3.8) is 0 Å². The number of fused-ring (bicyclic) bond motifs is 2. The van der Waals surface area contributed by atoms with Crippen LogP contribution in [0.1, 0.15) is 30.5 Å². The van der Waals surface area contributed by atoms with Gasteiger partial charge in [-0.25, -0.2) is 4.98 Å². The molecule has 0 bridgehead atoms. The molecule has 0 saturated carbocycles. The lowest BCUT2D eigenvalue weighted by atomic mass is 10.0. The summed E-state index contributed by atoms with van der Waals surface area (Å²) in [6, 6.07) is 14.3. The van der Waals surface area contributed by atoms with Gasteiger partial charge in [-0.15, -0.1) is 0 Å². The fourth-order valence-corrected chi connectivity index (χ4v) is 6.92. The summed E-state index contributed by atoms with van der Waals surface area (Å²) in [6.07, 6.45) is 4.69. The van der Waals surface area contributed by atoms with Gasteiger partial charge in [0, 0.05) is 68.5 Å². The van der Waals surface area contributed by atoms with Gasteiger partial charge in [0.05, 0.1) is 30.8 Å². The Bertz CT molecular complexity index is 1570. The van der Waals surface area contributed by atoms with Crippen molar-refractivity contribution in [2.75, 3.05) is 68.1 Å². The van der Waals surface area contributed by atoms with Gasteiger partial charge in [-0.2, -0.15) is 10.2 Å². The Morgan fingerprint density at radius 2 is 2.00 bits per heavy atom. The zero-order valence-corrected chi connectivity index (χ0v) is 25.1. The van der Waals surface area contributed by atoms with Crippen LogP contribution in [-0.4, -0.2) is 96.2 Å². The summed E-state index contributed by atoms with van der Waals surface area (Å²) in [5, 5.41) is 22.2. The molecular formula is C33H40N8O2. The summed E-state index contributed by atoms with van der Waals surface area (Å²) < 4.78 is 0. The smallest absolute Gasteiger partial charge is 0.246 e. The Morgan fingerprint density at radius 3 is 2.77 bits per heavy atom. The molecule has 3 aromatic rings. The number of likely N-dealkylation sites (N-methyl/N-ethyl adjacent to an activating group) is 2. The standard InChI is InChI=1S/C33H40N8O2/c1-4-31(43)41-17-16-40(21-25(41)11-13-34)32-28-12-15-39(30-19-26(42)18-23-8-5-6-10-27(23)30)22-29(28)35-33(36-32)38(3)20-24-9-7-14-37(24)2/h4-6,8,10,18-19,24-25,42H,1,7,9,11-12,14-17,20-22H2,2-3H3/t24-,25-/m0/s1. The number of phenolic OH excluding ortho intramolecular Hbond substituents is 1. The van der Waals surface area contributed by atoms with E-state index < -0.39 is 0 Å². The molecule has 3 aliphatic rings. The maximum Gasteiger partial charge on any atom is 0.246 e. The van der Waals surface area contributed by atoms with E-state index in [0.29, 0.717) is 38.2 Å². The highest BCUT2D eigenvalue weighted by Gasteiger charge is 2.34. The second-order valence-corrected chi connectivity index (χ2v) is 12.0. The van der Waals surface area contributed by atoms with Crippen LogP contribution in [0.15, 0.2) is 49.1 Å². The highest BCUT2D eigenvalue weighted by atomic mass is 16.3.